The van der Waals surface area contributed by atoms with E-state index in [4.69, 9.17) is 29.9 Å². The molecule has 0 aliphatic carbocycles. The Morgan fingerprint density at radius 2 is 0.879 bits per heavy atom. The van der Waals surface area contributed by atoms with E-state index in [1.54, 1.807) is 0 Å². The second kappa shape index (κ2) is 14.2. The largest absolute Gasteiger partial charge is 0.278 e. The fraction of sp³-hybridized carbons (Fsp3) is 0. The fourth-order valence-electron chi connectivity index (χ4n) is 9.90. The first-order valence-corrected chi connectivity index (χ1v) is 21.9. The summed E-state index contributed by atoms with van der Waals surface area (Å²) in [6.07, 6.45) is 9.24. The van der Waals surface area contributed by atoms with Crippen molar-refractivity contribution < 1.29 is 0 Å². The van der Waals surface area contributed by atoms with Gasteiger partial charge in [0, 0.05) is 79.6 Å². The van der Waals surface area contributed by atoms with Crippen molar-refractivity contribution in [2.24, 2.45) is 0 Å². The lowest BCUT2D eigenvalue weighted by Crippen LogP contribution is -1.99. The Labute approximate surface area is 376 Å². The number of hydrogen-bond acceptors (Lipinski definition) is 7. The minimum absolute atomic E-state index is 0.780. The van der Waals surface area contributed by atoms with Crippen molar-refractivity contribution in [3.05, 3.63) is 201 Å². The average molecular weight is 844 g/mol. The number of rotatable bonds is 5. The van der Waals surface area contributed by atoms with Crippen LogP contribution in [-0.4, -0.2) is 44.0 Å². The van der Waals surface area contributed by atoms with Crippen LogP contribution in [0.5, 0.6) is 0 Å². The van der Waals surface area contributed by atoms with E-state index < -0.39 is 0 Å². The first-order chi connectivity index (χ1) is 32.7. The number of pyridine rings is 7. The Morgan fingerprint density at radius 3 is 1.61 bits per heavy atom. The molecule has 9 heteroatoms. The number of fused-ring (bicyclic) bond motifs is 12. The van der Waals surface area contributed by atoms with E-state index in [9.17, 15) is 0 Å². The molecular formula is C57H33N9. The minimum atomic E-state index is 0.780. The van der Waals surface area contributed by atoms with Gasteiger partial charge in [-0.25, -0.2) is 19.9 Å². The molecule has 9 aromatic heterocycles. The van der Waals surface area contributed by atoms with Gasteiger partial charge in [0.25, 0.3) is 0 Å². The van der Waals surface area contributed by atoms with Gasteiger partial charge in [-0.3, -0.25) is 24.1 Å². The lowest BCUT2D eigenvalue weighted by molar-refractivity contribution is 1.07. The van der Waals surface area contributed by atoms with Gasteiger partial charge in [0.1, 0.15) is 22.9 Å². The van der Waals surface area contributed by atoms with Gasteiger partial charge in [-0.2, -0.15) is 0 Å². The highest BCUT2D eigenvalue weighted by Crippen LogP contribution is 2.39. The van der Waals surface area contributed by atoms with Gasteiger partial charge in [-0.1, -0.05) is 66.7 Å². The molecule has 0 N–H and O–H groups in total. The van der Waals surface area contributed by atoms with E-state index in [0.29, 0.717) is 0 Å². The van der Waals surface area contributed by atoms with Crippen LogP contribution in [0.2, 0.25) is 0 Å². The van der Waals surface area contributed by atoms with Crippen molar-refractivity contribution in [2.45, 2.75) is 0 Å². The molecule has 0 fully saturated rings. The second-order valence-electron chi connectivity index (χ2n) is 16.6. The van der Waals surface area contributed by atoms with E-state index in [1.807, 2.05) is 67.4 Å². The van der Waals surface area contributed by atoms with Crippen LogP contribution < -0.4 is 0 Å². The normalized spacial score (nSPS) is 11.9. The lowest BCUT2D eigenvalue weighted by atomic mass is 9.95. The van der Waals surface area contributed by atoms with Crippen molar-refractivity contribution in [1.29, 1.82) is 0 Å². The molecule has 0 atom stereocenters. The molecule has 14 rings (SSSR count). The fourth-order valence-corrected chi connectivity index (χ4v) is 9.90. The highest BCUT2D eigenvalue weighted by Gasteiger charge is 2.19. The number of hydrogen-bond donors (Lipinski definition) is 0. The van der Waals surface area contributed by atoms with E-state index >= 15 is 0 Å². The Hall–Kier alpha value is -9.21. The summed E-state index contributed by atoms with van der Waals surface area (Å²) in [5, 5.41) is 8.47. The van der Waals surface area contributed by atoms with Gasteiger partial charge in [0.05, 0.1) is 38.8 Å². The Morgan fingerprint density at radius 1 is 0.303 bits per heavy atom. The van der Waals surface area contributed by atoms with Gasteiger partial charge in [0.2, 0.25) is 0 Å². The first-order valence-electron chi connectivity index (χ1n) is 21.9. The maximum absolute atomic E-state index is 5.37. The van der Waals surface area contributed by atoms with Gasteiger partial charge in [-0.15, -0.1) is 0 Å². The Kier molecular flexibility index (Phi) is 7.78. The van der Waals surface area contributed by atoms with E-state index in [2.05, 4.69) is 148 Å². The average Bonchev–Trinajstić information content (AvgIpc) is 3.90. The quantitative estimate of drug-likeness (QED) is 0.159. The third-order valence-corrected chi connectivity index (χ3v) is 13.0. The Bertz CT molecular complexity index is 4310. The van der Waals surface area contributed by atoms with Crippen LogP contribution in [0.3, 0.4) is 0 Å². The number of benzene rings is 5. The van der Waals surface area contributed by atoms with Crippen LogP contribution in [0, 0.1) is 0 Å². The summed E-state index contributed by atoms with van der Waals surface area (Å²) in [5.74, 6) is 1.58. The zero-order valence-corrected chi connectivity index (χ0v) is 35.1. The molecule has 0 radical (unpaired) electrons. The topological polar surface area (TPSA) is 100 Å². The SMILES string of the molecule is c1ccc(-c2ccc3c(c2)c2cccnc2n3-c2ccc3ccc4c(-c5cccc(-c6ccc7c(c6)c6cccnc6n7-c6ccc7ccc8cccnc8c7n6)c5)ccnc4c3n2)nc1. The Balaban J connectivity index is 0.874. The van der Waals surface area contributed by atoms with Crippen LogP contribution in [0.1, 0.15) is 0 Å². The van der Waals surface area contributed by atoms with E-state index in [-0.39, 0.29) is 0 Å². The summed E-state index contributed by atoms with van der Waals surface area (Å²) in [7, 11) is 0. The molecule has 0 aliphatic rings. The van der Waals surface area contributed by atoms with Gasteiger partial charge >= 0.3 is 0 Å². The van der Waals surface area contributed by atoms with Crippen LogP contribution in [0.25, 0.3) is 133 Å². The minimum Gasteiger partial charge on any atom is -0.278 e. The van der Waals surface area contributed by atoms with Crippen LogP contribution >= 0.6 is 0 Å². The summed E-state index contributed by atoms with van der Waals surface area (Å²) in [4.78, 5) is 34.6. The first kappa shape index (κ1) is 36.3. The van der Waals surface area contributed by atoms with Crippen LogP contribution in [0.4, 0.5) is 0 Å². The molecule has 66 heavy (non-hydrogen) atoms. The highest BCUT2D eigenvalue weighted by molar-refractivity contribution is 6.12. The van der Waals surface area contributed by atoms with E-state index in [0.717, 1.165) is 133 Å². The molecule has 14 aromatic rings. The molecule has 0 saturated carbocycles. The monoisotopic (exact) mass is 843 g/mol. The van der Waals surface area contributed by atoms with Gasteiger partial charge in [-0.05, 0) is 125 Å². The van der Waals surface area contributed by atoms with E-state index in [1.165, 1.54) is 0 Å². The summed E-state index contributed by atoms with van der Waals surface area (Å²) < 4.78 is 4.32. The van der Waals surface area contributed by atoms with Crippen molar-refractivity contribution in [3.8, 4) is 45.1 Å². The van der Waals surface area contributed by atoms with Crippen molar-refractivity contribution in [3.63, 3.8) is 0 Å². The molecule has 0 spiro atoms. The molecule has 0 bridgehead atoms. The molecule has 0 unspecified atom stereocenters. The maximum Gasteiger partial charge on any atom is 0.146 e. The summed E-state index contributed by atoms with van der Waals surface area (Å²) in [6.45, 7) is 0. The zero-order valence-electron chi connectivity index (χ0n) is 35.1. The molecule has 0 amide bonds. The molecule has 0 aliphatic heterocycles. The summed E-state index contributed by atoms with van der Waals surface area (Å²) in [5.41, 5.74) is 13.6. The van der Waals surface area contributed by atoms with Crippen molar-refractivity contribution >= 4 is 87.5 Å². The second-order valence-corrected chi connectivity index (χ2v) is 16.6. The predicted molar refractivity (Wildman–Crippen MR) is 266 cm³/mol. The molecular weight excluding hydrogens is 811 g/mol. The molecule has 9 nitrogen and oxygen atoms in total. The lowest BCUT2D eigenvalue weighted by Gasteiger charge is -2.12. The van der Waals surface area contributed by atoms with Crippen LogP contribution in [0.15, 0.2) is 201 Å². The highest BCUT2D eigenvalue weighted by atomic mass is 15.1. The summed E-state index contributed by atoms with van der Waals surface area (Å²) >= 11 is 0. The zero-order chi connectivity index (χ0) is 43.3. The molecule has 0 saturated heterocycles. The number of aromatic nitrogens is 9. The maximum atomic E-state index is 5.37. The molecule has 9 heterocycles. The molecule has 306 valence electrons. The predicted octanol–water partition coefficient (Wildman–Crippen LogP) is 13.3. The van der Waals surface area contributed by atoms with Gasteiger partial charge < -0.3 is 0 Å². The smallest absolute Gasteiger partial charge is 0.146 e. The van der Waals surface area contributed by atoms with Crippen LogP contribution in [-0.2, 0) is 0 Å². The van der Waals surface area contributed by atoms with Crippen molar-refractivity contribution in [1.82, 2.24) is 44.0 Å². The molecule has 5 aromatic carbocycles. The summed E-state index contributed by atoms with van der Waals surface area (Å²) in [6, 6.07) is 59.2. The third-order valence-electron chi connectivity index (χ3n) is 13.0. The standard InChI is InChI=1S/C57H33N9/c1-2-26-58-47(12-1)40-17-22-49-46(33-40)44-11-6-29-62-57(44)66(49)51-24-19-36-15-20-42-41(25-30-60-55(42)54(36)64-51)39-8-3-7-37(31-39)38-16-21-48-45(32-38)43-10-5-28-61-56(43)65(48)50-23-18-35-14-13-34-9-4-27-59-52(34)53(35)63-50/h1-33H. The third kappa shape index (κ3) is 5.50. The van der Waals surface area contributed by atoms with Gasteiger partial charge in [0.15, 0.2) is 0 Å². The van der Waals surface area contributed by atoms with Crippen molar-refractivity contribution in [2.75, 3.05) is 0 Å². The number of nitrogens with zero attached hydrogens (tertiary/aromatic N) is 9.